The minimum absolute atomic E-state index is 0.104. The molecule has 8 heteroatoms. The number of quaternary nitrogens is 1. The van der Waals surface area contributed by atoms with Crippen molar-refractivity contribution in [3.8, 4) is 5.75 Å². The van der Waals surface area contributed by atoms with E-state index in [0.29, 0.717) is 10.2 Å². The molecule has 0 bridgehead atoms. The molecule has 1 rings (SSSR count). The zero-order valence-corrected chi connectivity index (χ0v) is 14.5. The standard InChI is InChI=1S/C13H20NO2.CH4O4S/c1-10(2)13(15)16-12-8-6-7-11(9-12)14(3,4)5;1-5-6(2,3)4/h6-10H,1-5H3;1H3,(H,2,3,4)/q+1;/p-1. The van der Waals surface area contributed by atoms with Crippen LogP contribution in [0.4, 0.5) is 5.69 Å². The highest BCUT2D eigenvalue weighted by Gasteiger charge is 2.15. The molecule has 0 atom stereocenters. The lowest BCUT2D eigenvalue weighted by Crippen LogP contribution is -2.34. The van der Waals surface area contributed by atoms with Crippen molar-refractivity contribution in [2.45, 2.75) is 13.8 Å². The summed E-state index contributed by atoms with van der Waals surface area (Å²) in [6.07, 6.45) is 0. The molecule has 0 spiro atoms. The number of ether oxygens (including phenoxy) is 1. The Bertz CT molecular complexity index is 590. The Hall–Kier alpha value is -1.48. The molecule has 0 heterocycles. The third-order valence-corrected chi connectivity index (χ3v) is 2.89. The van der Waals surface area contributed by atoms with E-state index >= 15 is 0 Å². The number of carbonyl (C=O) groups excluding carboxylic acids is 1. The Morgan fingerprint density at radius 1 is 1.23 bits per heavy atom. The number of hydrogen-bond acceptors (Lipinski definition) is 6. The van der Waals surface area contributed by atoms with Gasteiger partial charge in [0.15, 0.2) is 0 Å². The Labute approximate surface area is 132 Å². The molecule has 0 aliphatic heterocycles. The van der Waals surface area contributed by atoms with Crippen molar-refractivity contribution in [1.29, 1.82) is 0 Å². The lowest BCUT2D eigenvalue weighted by molar-refractivity contribution is -0.137. The molecule has 126 valence electrons. The van der Waals surface area contributed by atoms with E-state index in [1.807, 2.05) is 32.0 Å². The van der Waals surface area contributed by atoms with Crippen LogP contribution in [-0.2, 0) is 19.4 Å². The molecule has 0 aliphatic rings. The van der Waals surface area contributed by atoms with E-state index < -0.39 is 10.4 Å². The van der Waals surface area contributed by atoms with Crippen molar-refractivity contribution in [3.05, 3.63) is 24.3 Å². The van der Waals surface area contributed by atoms with Crippen molar-refractivity contribution in [2.24, 2.45) is 5.92 Å². The summed E-state index contributed by atoms with van der Waals surface area (Å²) in [7, 11) is 2.61. The van der Waals surface area contributed by atoms with E-state index in [0.717, 1.165) is 12.8 Å². The molecule has 0 aliphatic carbocycles. The van der Waals surface area contributed by atoms with Gasteiger partial charge >= 0.3 is 5.97 Å². The van der Waals surface area contributed by atoms with Gasteiger partial charge in [-0.1, -0.05) is 19.9 Å². The Kier molecular flexibility index (Phi) is 7.68. The quantitative estimate of drug-likeness (QED) is 0.273. The molecule has 0 saturated carbocycles. The number of carbonyl (C=O) groups is 1. The average molecular weight is 333 g/mol. The average Bonchev–Trinajstić information content (AvgIpc) is 2.38. The minimum atomic E-state index is -4.41. The van der Waals surface area contributed by atoms with Crippen LogP contribution < -0.4 is 9.22 Å². The first-order chi connectivity index (χ1) is 9.86. The predicted octanol–water partition coefficient (Wildman–Crippen LogP) is 1.54. The molecule has 0 amide bonds. The van der Waals surface area contributed by atoms with Gasteiger partial charge < -0.3 is 9.29 Å². The number of rotatable bonds is 4. The van der Waals surface area contributed by atoms with Gasteiger partial charge in [-0.05, 0) is 12.1 Å². The van der Waals surface area contributed by atoms with Crippen molar-refractivity contribution in [1.82, 2.24) is 4.48 Å². The highest BCUT2D eigenvalue weighted by molar-refractivity contribution is 7.80. The number of esters is 1. The van der Waals surface area contributed by atoms with Crippen molar-refractivity contribution < 1.29 is 26.7 Å². The lowest BCUT2D eigenvalue weighted by atomic mass is 10.2. The van der Waals surface area contributed by atoms with Gasteiger partial charge in [0, 0.05) is 6.07 Å². The summed E-state index contributed by atoms with van der Waals surface area (Å²) in [5, 5.41) is 0. The maximum absolute atomic E-state index is 11.4. The SMILES string of the molecule is CC(C)C(=O)Oc1cccc([N+](C)(C)C)c1.COS(=O)(=O)[O-]. The Morgan fingerprint density at radius 2 is 1.73 bits per heavy atom. The van der Waals surface area contributed by atoms with Crippen LogP contribution in [0.2, 0.25) is 0 Å². The molecule has 0 N–H and O–H groups in total. The molecule has 0 fully saturated rings. The summed E-state index contributed by atoms with van der Waals surface area (Å²) in [6, 6.07) is 7.63. The van der Waals surface area contributed by atoms with Crippen LogP contribution in [0.15, 0.2) is 24.3 Å². The van der Waals surface area contributed by atoms with E-state index in [1.165, 1.54) is 0 Å². The van der Waals surface area contributed by atoms with E-state index in [9.17, 15) is 17.8 Å². The first-order valence-electron chi connectivity index (χ1n) is 6.52. The van der Waals surface area contributed by atoms with Crippen molar-refractivity contribution in [2.75, 3.05) is 28.3 Å². The van der Waals surface area contributed by atoms with Crippen LogP contribution >= 0.6 is 0 Å². The summed E-state index contributed by atoms with van der Waals surface area (Å²) in [5.41, 5.74) is 1.11. The van der Waals surface area contributed by atoms with Crippen LogP contribution in [0.3, 0.4) is 0 Å². The largest absolute Gasteiger partial charge is 0.726 e. The van der Waals surface area contributed by atoms with E-state index in [-0.39, 0.29) is 11.9 Å². The Morgan fingerprint density at radius 3 is 2.09 bits per heavy atom. The molecule has 0 aromatic heterocycles. The fraction of sp³-hybridized carbons (Fsp3) is 0.500. The number of nitrogens with zero attached hydrogens (tertiary/aromatic N) is 1. The second-order valence-electron chi connectivity index (χ2n) is 5.66. The van der Waals surface area contributed by atoms with Crippen LogP contribution in [0, 0.1) is 5.92 Å². The van der Waals surface area contributed by atoms with Crippen LogP contribution in [0.1, 0.15) is 13.8 Å². The van der Waals surface area contributed by atoms with Gasteiger partial charge in [-0.15, -0.1) is 0 Å². The topological polar surface area (TPSA) is 92.7 Å². The second kappa shape index (κ2) is 8.23. The molecular formula is C14H23NO6S. The molecule has 1 aromatic carbocycles. The van der Waals surface area contributed by atoms with Crippen LogP contribution in [0.25, 0.3) is 0 Å². The summed E-state index contributed by atoms with van der Waals surface area (Å²) >= 11 is 0. The molecule has 0 saturated heterocycles. The smallest absolute Gasteiger partial charge is 0.313 e. The maximum Gasteiger partial charge on any atom is 0.313 e. The summed E-state index contributed by atoms with van der Waals surface area (Å²) in [5.74, 6) is 0.315. The van der Waals surface area contributed by atoms with Gasteiger partial charge in [-0.2, -0.15) is 0 Å². The summed E-state index contributed by atoms with van der Waals surface area (Å²) in [6.45, 7) is 3.65. The first-order valence-corrected chi connectivity index (χ1v) is 7.85. The third kappa shape index (κ3) is 8.73. The maximum atomic E-state index is 11.4. The molecule has 7 nitrogen and oxygen atoms in total. The third-order valence-electron chi connectivity index (χ3n) is 2.49. The van der Waals surface area contributed by atoms with Gasteiger partial charge in [0.05, 0.1) is 34.2 Å². The molecule has 1 aromatic rings. The van der Waals surface area contributed by atoms with E-state index in [1.54, 1.807) is 6.07 Å². The molecule has 22 heavy (non-hydrogen) atoms. The highest BCUT2D eigenvalue weighted by atomic mass is 32.3. The van der Waals surface area contributed by atoms with E-state index in [2.05, 4.69) is 25.3 Å². The zero-order valence-electron chi connectivity index (χ0n) is 13.7. The van der Waals surface area contributed by atoms with Crippen molar-refractivity contribution in [3.63, 3.8) is 0 Å². The lowest BCUT2D eigenvalue weighted by Gasteiger charge is -2.23. The predicted molar refractivity (Wildman–Crippen MR) is 83.2 cm³/mol. The van der Waals surface area contributed by atoms with Gasteiger partial charge in [-0.25, -0.2) is 8.42 Å². The molecule has 0 radical (unpaired) electrons. The summed E-state index contributed by atoms with van der Waals surface area (Å²) in [4.78, 5) is 11.4. The zero-order chi connectivity index (χ0) is 17.6. The van der Waals surface area contributed by atoms with Gasteiger partial charge in [-0.3, -0.25) is 13.5 Å². The molecule has 0 unspecified atom stereocenters. The number of benzene rings is 1. The Balaban J connectivity index is 0.000000626. The summed E-state index contributed by atoms with van der Waals surface area (Å²) < 4.78 is 37.0. The van der Waals surface area contributed by atoms with Gasteiger partial charge in [0.1, 0.15) is 11.4 Å². The van der Waals surface area contributed by atoms with Crippen LogP contribution in [0.5, 0.6) is 5.75 Å². The van der Waals surface area contributed by atoms with Gasteiger partial charge in [0.2, 0.25) is 10.4 Å². The normalized spacial score (nSPS) is 11.6. The first kappa shape index (κ1) is 20.5. The molecular weight excluding hydrogens is 310 g/mol. The van der Waals surface area contributed by atoms with E-state index in [4.69, 9.17) is 4.74 Å². The van der Waals surface area contributed by atoms with Crippen LogP contribution in [-0.4, -0.2) is 47.2 Å². The highest BCUT2D eigenvalue weighted by Crippen LogP contribution is 2.23. The monoisotopic (exact) mass is 333 g/mol. The fourth-order valence-electron chi connectivity index (χ4n) is 1.20. The minimum Gasteiger partial charge on any atom is -0.726 e. The van der Waals surface area contributed by atoms with Crippen molar-refractivity contribution >= 4 is 22.1 Å². The fourth-order valence-corrected chi connectivity index (χ4v) is 1.20. The second-order valence-corrected chi connectivity index (χ2v) is 6.81. The van der Waals surface area contributed by atoms with Gasteiger partial charge in [0.25, 0.3) is 0 Å². The number of hydrogen-bond donors (Lipinski definition) is 0.